The van der Waals surface area contributed by atoms with E-state index in [4.69, 9.17) is 35.3 Å². The number of likely N-dealkylation sites (tertiary alicyclic amines) is 1. The number of carbonyl (C=O) groups is 4. The fourth-order valence-corrected chi connectivity index (χ4v) is 9.93. The van der Waals surface area contributed by atoms with E-state index in [1.807, 2.05) is 39.8 Å². The van der Waals surface area contributed by atoms with Gasteiger partial charge < -0.3 is 34.5 Å². The summed E-state index contributed by atoms with van der Waals surface area (Å²) in [7, 11) is -2.13. The lowest BCUT2D eigenvalue weighted by Crippen LogP contribution is -2.46. The largest absolute Gasteiger partial charge is 0.490 e. The molecule has 0 bridgehead atoms. The Kier molecular flexibility index (Phi) is 13.1. The molecule has 20 nitrogen and oxygen atoms in total. The van der Waals surface area contributed by atoms with E-state index in [0.717, 1.165) is 6.42 Å². The van der Waals surface area contributed by atoms with Crippen molar-refractivity contribution in [1.82, 2.24) is 43.6 Å². The van der Waals surface area contributed by atoms with Crippen LogP contribution < -0.4 is 31.6 Å². The van der Waals surface area contributed by atoms with Crippen LogP contribution in [-0.2, 0) is 30.6 Å². The van der Waals surface area contributed by atoms with Gasteiger partial charge in [-0.1, -0.05) is 32.9 Å². The van der Waals surface area contributed by atoms with E-state index in [1.165, 1.54) is 0 Å². The summed E-state index contributed by atoms with van der Waals surface area (Å²) in [5.41, 5.74) is 16.0. The summed E-state index contributed by atoms with van der Waals surface area (Å²) in [5, 5.41) is 14.9. The Bertz CT molecular complexity index is 2800. The molecule has 360 valence electrons. The zero-order chi connectivity index (χ0) is 48.8. The average Bonchev–Trinajstić information content (AvgIpc) is 4.11. The lowest BCUT2D eigenvalue weighted by Gasteiger charge is -2.38. The van der Waals surface area contributed by atoms with Gasteiger partial charge in [-0.3, -0.25) is 44.1 Å². The van der Waals surface area contributed by atoms with E-state index in [9.17, 15) is 19.2 Å². The van der Waals surface area contributed by atoms with Gasteiger partial charge in [0, 0.05) is 50.4 Å². The molecule has 1 atom stereocenters. The van der Waals surface area contributed by atoms with Crippen LogP contribution in [0.3, 0.4) is 0 Å². The number of imidazole rings is 2. The molecule has 6 N–H and O–H groups in total. The number of benzene rings is 2. The van der Waals surface area contributed by atoms with Crippen LogP contribution in [0.1, 0.15) is 94.1 Å². The van der Waals surface area contributed by atoms with Crippen molar-refractivity contribution in [2.75, 3.05) is 36.9 Å². The number of amides is 4. The van der Waals surface area contributed by atoms with Gasteiger partial charge in [0.15, 0.2) is 8.32 Å². The predicted molar refractivity (Wildman–Crippen MR) is 260 cm³/mol. The minimum Gasteiger partial charge on any atom is -0.490 e. The number of nitrogens with zero attached hydrogens (tertiary/aromatic N) is 9. The molecular weight excluding hydrogens is 887 g/mol. The fraction of sp³-hybridized carbons (Fsp3) is 0.447. The number of ether oxygens (including phenoxy) is 2. The molecule has 6 heterocycles. The van der Waals surface area contributed by atoms with E-state index in [1.54, 1.807) is 54.9 Å². The smallest absolute Gasteiger partial charge is 0.276 e. The van der Waals surface area contributed by atoms with Crippen molar-refractivity contribution >= 4 is 65.9 Å². The number of nitrogens with two attached hydrogens (primary N) is 2. The number of carbonyl (C=O) groups excluding carboxylic acids is 4. The third-order valence-electron chi connectivity index (χ3n) is 13.1. The Morgan fingerprint density at radius 3 is 1.62 bits per heavy atom. The number of nitrogens with one attached hydrogen (secondary N) is 2. The Morgan fingerprint density at radius 2 is 1.21 bits per heavy atom. The molecule has 8 rings (SSSR count). The molecule has 6 aromatic rings. The maximum Gasteiger partial charge on any atom is 0.276 e. The third-order valence-corrected chi connectivity index (χ3v) is 17.6. The highest BCUT2D eigenvalue weighted by atomic mass is 28.4. The first-order chi connectivity index (χ1) is 32.2. The lowest BCUT2D eigenvalue weighted by atomic mass is 10.1. The topological polar surface area (TPSA) is 247 Å². The first kappa shape index (κ1) is 47.6. The van der Waals surface area contributed by atoms with Crippen molar-refractivity contribution in [3.05, 3.63) is 82.5 Å². The highest BCUT2D eigenvalue weighted by Gasteiger charge is 2.41. The van der Waals surface area contributed by atoms with E-state index < -0.39 is 38.0 Å². The summed E-state index contributed by atoms with van der Waals surface area (Å²) in [6, 6.07) is 9.35. The molecule has 21 heteroatoms. The number of hydrogen-bond acceptors (Lipinski definition) is 12. The Hall–Kier alpha value is -6.84. The molecule has 0 unspecified atom stereocenters. The van der Waals surface area contributed by atoms with Gasteiger partial charge in [-0.15, -0.1) is 0 Å². The standard InChI is InChI=1S/C47H61N13O7Si/c1-10-59-35(18-27(3)54-59)43(63)52-45-50-33-20-29(41(48)61)22-37-39(33)57(45)15-12-13-16-58-40-34(51-46(58)53-44(64)36-19-28(4)55-60(36)11-2)21-30(42(49)62)23-38(40)66-26-31(25-65-37)56-17-14-32(24-56)67-68(8,9)47(5,6)7/h12-13,18-23,31-32H,10-11,14-17,24-26H2,1-9H3,(H2,48,61)(H2,49,62)(H,50,52,63)(H,51,53,64)/b13-12+/t32-/m0/s1. The normalized spacial score (nSPS) is 16.8. The quantitative estimate of drug-likeness (QED) is 0.0912. The van der Waals surface area contributed by atoms with Crippen LogP contribution in [0.2, 0.25) is 18.1 Å². The summed E-state index contributed by atoms with van der Waals surface area (Å²) < 4.78 is 27.3. The van der Waals surface area contributed by atoms with E-state index in [-0.39, 0.29) is 60.5 Å². The van der Waals surface area contributed by atoms with E-state index >= 15 is 0 Å². The van der Waals surface area contributed by atoms with Crippen molar-refractivity contribution < 1.29 is 33.1 Å². The molecule has 1 fully saturated rings. The minimum atomic E-state index is -2.13. The molecule has 0 aliphatic carbocycles. The minimum absolute atomic E-state index is 0.00702. The predicted octanol–water partition coefficient (Wildman–Crippen LogP) is 5.63. The summed E-state index contributed by atoms with van der Waals surface area (Å²) in [5.74, 6) is -1.18. The lowest BCUT2D eigenvalue weighted by molar-refractivity contribution is 0.0956. The van der Waals surface area contributed by atoms with Gasteiger partial charge in [0.05, 0.1) is 34.6 Å². The number of hydrogen-bond donors (Lipinski definition) is 4. The van der Waals surface area contributed by atoms with Crippen molar-refractivity contribution in [3.8, 4) is 11.5 Å². The highest BCUT2D eigenvalue weighted by molar-refractivity contribution is 6.74. The first-order valence-corrected chi connectivity index (χ1v) is 25.9. The molecule has 4 amide bonds. The highest BCUT2D eigenvalue weighted by Crippen LogP contribution is 2.39. The molecule has 0 spiro atoms. The van der Waals surface area contributed by atoms with Gasteiger partial charge in [0.2, 0.25) is 23.7 Å². The summed E-state index contributed by atoms with van der Waals surface area (Å²) in [4.78, 5) is 65.6. The second-order valence-electron chi connectivity index (χ2n) is 18.9. The van der Waals surface area contributed by atoms with Crippen molar-refractivity contribution in [2.24, 2.45) is 11.5 Å². The summed E-state index contributed by atoms with van der Waals surface area (Å²) in [6.07, 6.45) is 4.51. The zero-order valence-corrected chi connectivity index (χ0v) is 41.2. The maximum atomic E-state index is 14.0. The number of allylic oxidation sites excluding steroid dienone is 2. The van der Waals surface area contributed by atoms with Crippen molar-refractivity contribution in [1.29, 1.82) is 0 Å². The number of aryl methyl sites for hydroxylation is 4. The van der Waals surface area contributed by atoms with E-state index in [0.29, 0.717) is 82.5 Å². The first-order valence-electron chi connectivity index (χ1n) is 23.0. The number of aromatic nitrogens is 8. The Balaban J connectivity index is 1.26. The molecule has 2 aliphatic rings. The second kappa shape index (κ2) is 18.7. The Labute approximate surface area is 395 Å². The van der Waals surface area contributed by atoms with Crippen molar-refractivity contribution in [2.45, 2.75) is 111 Å². The summed E-state index contributed by atoms with van der Waals surface area (Å²) >= 11 is 0. The van der Waals surface area contributed by atoms with Gasteiger partial charge in [-0.25, -0.2) is 9.97 Å². The number of anilines is 2. The number of rotatable bonds is 11. The van der Waals surface area contributed by atoms with Crippen LogP contribution in [0.15, 0.2) is 48.6 Å². The molecule has 0 radical (unpaired) electrons. The van der Waals surface area contributed by atoms with Crippen LogP contribution in [0.5, 0.6) is 11.5 Å². The monoisotopic (exact) mass is 947 g/mol. The molecule has 2 aliphatic heterocycles. The van der Waals surface area contributed by atoms with Crippen molar-refractivity contribution in [3.63, 3.8) is 0 Å². The van der Waals surface area contributed by atoms with Crippen LogP contribution in [0, 0.1) is 13.8 Å². The average molecular weight is 948 g/mol. The fourth-order valence-electron chi connectivity index (χ4n) is 8.55. The third kappa shape index (κ3) is 9.50. The van der Waals surface area contributed by atoms with E-state index in [2.05, 4.69) is 59.6 Å². The van der Waals surface area contributed by atoms with Crippen LogP contribution in [0.4, 0.5) is 11.9 Å². The van der Waals surface area contributed by atoms with Crippen LogP contribution in [-0.4, -0.2) is 114 Å². The summed E-state index contributed by atoms with van der Waals surface area (Å²) in [6.45, 7) is 21.3. The van der Waals surface area contributed by atoms with Gasteiger partial charge in [0.1, 0.15) is 47.1 Å². The molecule has 0 saturated carbocycles. The van der Waals surface area contributed by atoms with Gasteiger partial charge >= 0.3 is 0 Å². The maximum absolute atomic E-state index is 14.0. The van der Waals surface area contributed by atoms with Crippen LogP contribution in [0.25, 0.3) is 22.1 Å². The molecule has 2 aromatic carbocycles. The molecule has 4 aromatic heterocycles. The van der Waals surface area contributed by atoms with Gasteiger partial charge in [0.25, 0.3) is 11.8 Å². The Morgan fingerprint density at radius 1 is 0.750 bits per heavy atom. The van der Waals surface area contributed by atoms with Gasteiger partial charge in [-0.2, -0.15) is 10.2 Å². The SMILES string of the molecule is CCn1nc(C)cc1C(=O)Nc1nc2cc(C(N)=O)cc3c2n1C/C=C/Cn1c(NC(=O)c2cc(C)nn2CC)nc2cc(C(N)=O)cc(c21)OCC(N1CC[C@H](O[Si](C)(C)C(C)(C)C)C1)CO3. The zero-order valence-electron chi connectivity index (χ0n) is 40.2. The van der Waals surface area contributed by atoms with Gasteiger partial charge in [-0.05, 0) is 88.6 Å². The molecule has 68 heavy (non-hydrogen) atoms. The second-order valence-corrected chi connectivity index (χ2v) is 23.7. The molecule has 1 saturated heterocycles. The number of primary amides is 2. The van der Waals surface area contributed by atoms with Crippen LogP contribution >= 0.6 is 0 Å². The molecular formula is C47H61N13O7Si.